The van der Waals surface area contributed by atoms with Crippen molar-refractivity contribution in [1.29, 1.82) is 0 Å². The fourth-order valence-electron chi connectivity index (χ4n) is 5.51. The van der Waals surface area contributed by atoms with Crippen molar-refractivity contribution in [3.63, 3.8) is 0 Å². The number of fused-ring (bicyclic) bond motifs is 5. The molecule has 0 heterocycles. The monoisotopic (exact) mass is 489 g/mol. The van der Waals surface area contributed by atoms with E-state index in [1.807, 2.05) is 72.8 Å². The van der Waals surface area contributed by atoms with E-state index in [9.17, 15) is 15.0 Å². The molecule has 0 radical (unpaired) electrons. The molecule has 37 heavy (non-hydrogen) atoms. The molecule has 2 atom stereocenters. The van der Waals surface area contributed by atoms with E-state index in [0.29, 0.717) is 5.56 Å². The Labute approximate surface area is 215 Å². The fraction of sp³-hybridized carbons (Fsp3) is 0.156. The number of amides is 1. The van der Waals surface area contributed by atoms with Crippen LogP contribution in [0.5, 0.6) is 0 Å². The Hall–Kier alpha value is -4.19. The number of benzene rings is 5. The minimum Gasteiger partial charge on any atom is -0.449 e. The third kappa shape index (κ3) is 4.22. The number of nitrogens with one attached hydrogen (secondary N) is 1. The summed E-state index contributed by atoms with van der Waals surface area (Å²) in [5.41, 5.74) is 5.24. The molecule has 3 N–H and O–H groups in total. The van der Waals surface area contributed by atoms with Crippen molar-refractivity contribution < 1.29 is 19.7 Å². The minimum absolute atomic E-state index is 0.0456. The number of aliphatic hydroxyl groups excluding tert-OH is 2. The van der Waals surface area contributed by atoms with Crippen molar-refractivity contribution >= 4 is 27.6 Å². The summed E-state index contributed by atoms with van der Waals surface area (Å²) in [5.74, 6) is -0.0456. The maximum absolute atomic E-state index is 12.6. The molecule has 5 nitrogen and oxygen atoms in total. The summed E-state index contributed by atoms with van der Waals surface area (Å²) in [6.45, 7) is 0.0435. The van der Waals surface area contributed by atoms with Crippen LogP contribution in [0.1, 0.15) is 28.7 Å². The zero-order valence-electron chi connectivity index (χ0n) is 20.2. The van der Waals surface area contributed by atoms with Gasteiger partial charge in [-0.15, -0.1) is 0 Å². The van der Waals surface area contributed by atoms with Gasteiger partial charge in [0.1, 0.15) is 18.8 Å². The summed E-state index contributed by atoms with van der Waals surface area (Å²) in [4.78, 5) is 12.6. The first kappa shape index (κ1) is 23.2. The molecule has 0 aliphatic heterocycles. The van der Waals surface area contributed by atoms with Gasteiger partial charge in [-0.05, 0) is 55.4 Å². The summed E-state index contributed by atoms with van der Waals surface area (Å²) < 4.78 is 5.57. The Morgan fingerprint density at radius 1 is 0.757 bits per heavy atom. The number of hydrogen-bond acceptors (Lipinski definition) is 4. The lowest BCUT2D eigenvalue weighted by Crippen LogP contribution is -2.36. The molecule has 1 aliphatic carbocycles. The Kier molecular flexibility index (Phi) is 6.08. The molecule has 5 heteroatoms. The van der Waals surface area contributed by atoms with Crippen molar-refractivity contribution in [3.05, 3.63) is 120 Å². The van der Waals surface area contributed by atoms with Crippen molar-refractivity contribution in [2.45, 2.75) is 18.1 Å². The molecule has 0 aromatic heterocycles. The quantitative estimate of drug-likeness (QED) is 0.259. The van der Waals surface area contributed by atoms with Gasteiger partial charge in [0.25, 0.3) is 0 Å². The number of rotatable bonds is 6. The lowest BCUT2D eigenvalue weighted by atomic mass is 9.91. The fourth-order valence-corrected chi connectivity index (χ4v) is 5.51. The normalized spacial score (nSPS) is 14.2. The van der Waals surface area contributed by atoms with Gasteiger partial charge in [0.05, 0.1) is 0 Å². The van der Waals surface area contributed by atoms with Crippen LogP contribution in [0.4, 0.5) is 4.79 Å². The first-order valence-corrected chi connectivity index (χ1v) is 12.5. The topological polar surface area (TPSA) is 78.8 Å². The van der Waals surface area contributed by atoms with Gasteiger partial charge in [-0.3, -0.25) is 0 Å². The van der Waals surface area contributed by atoms with Crippen LogP contribution in [0.15, 0.2) is 103 Å². The summed E-state index contributed by atoms with van der Waals surface area (Å²) in [5, 5.41) is 28.4. The van der Waals surface area contributed by atoms with E-state index in [1.165, 1.54) is 0 Å². The summed E-state index contributed by atoms with van der Waals surface area (Å²) in [6.07, 6.45) is -3.03. The second-order valence-electron chi connectivity index (χ2n) is 9.45. The van der Waals surface area contributed by atoms with Crippen LogP contribution >= 0.6 is 0 Å². The third-order valence-corrected chi connectivity index (χ3v) is 7.27. The zero-order valence-corrected chi connectivity index (χ0v) is 20.2. The summed E-state index contributed by atoms with van der Waals surface area (Å²) >= 11 is 0. The van der Waals surface area contributed by atoms with E-state index < -0.39 is 18.3 Å². The lowest BCUT2D eigenvalue weighted by molar-refractivity contribution is 0.0202. The molecule has 5 aromatic carbocycles. The van der Waals surface area contributed by atoms with E-state index in [4.69, 9.17) is 4.74 Å². The second-order valence-corrected chi connectivity index (χ2v) is 9.45. The molecule has 184 valence electrons. The van der Waals surface area contributed by atoms with Gasteiger partial charge in [0, 0.05) is 12.5 Å². The van der Waals surface area contributed by atoms with Gasteiger partial charge in [0.15, 0.2) is 0 Å². The van der Waals surface area contributed by atoms with Crippen LogP contribution in [0.25, 0.3) is 32.7 Å². The van der Waals surface area contributed by atoms with Gasteiger partial charge in [-0.2, -0.15) is 0 Å². The molecule has 0 saturated heterocycles. The molecule has 0 spiro atoms. The van der Waals surface area contributed by atoms with E-state index in [1.54, 1.807) is 0 Å². The van der Waals surface area contributed by atoms with Crippen molar-refractivity contribution in [2.24, 2.45) is 0 Å². The van der Waals surface area contributed by atoms with Gasteiger partial charge in [-0.25, -0.2) is 4.79 Å². The number of carbonyl (C=O) groups excluding carboxylic acids is 1. The Balaban J connectivity index is 1.15. The average molecular weight is 490 g/mol. The van der Waals surface area contributed by atoms with E-state index in [-0.39, 0.29) is 19.1 Å². The molecule has 5 aromatic rings. The number of carbonyl (C=O) groups is 1. The smallest absolute Gasteiger partial charge is 0.407 e. The highest BCUT2D eigenvalue weighted by Gasteiger charge is 2.29. The van der Waals surface area contributed by atoms with Crippen LogP contribution in [0.3, 0.4) is 0 Å². The highest BCUT2D eigenvalue weighted by Crippen LogP contribution is 2.44. The highest BCUT2D eigenvalue weighted by atomic mass is 16.5. The first-order valence-electron chi connectivity index (χ1n) is 12.5. The number of ether oxygens (including phenoxy) is 1. The van der Waals surface area contributed by atoms with Crippen LogP contribution in [-0.2, 0) is 4.74 Å². The Morgan fingerprint density at radius 2 is 1.27 bits per heavy atom. The molecule has 1 amide bonds. The molecule has 0 fully saturated rings. The van der Waals surface area contributed by atoms with Crippen molar-refractivity contribution in [2.75, 3.05) is 13.2 Å². The summed E-state index contributed by atoms with van der Waals surface area (Å²) in [6, 6.07) is 33.9. The second kappa shape index (κ2) is 9.69. The molecular formula is C32H27NO4. The molecule has 1 aliphatic rings. The molecular weight excluding hydrogens is 462 g/mol. The van der Waals surface area contributed by atoms with E-state index >= 15 is 0 Å². The number of alkyl carbamates (subject to hydrolysis) is 1. The van der Waals surface area contributed by atoms with Gasteiger partial charge in [0.2, 0.25) is 0 Å². The number of aliphatic hydroxyl groups is 2. The molecule has 0 saturated carbocycles. The van der Waals surface area contributed by atoms with Gasteiger partial charge in [-0.1, -0.05) is 97.1 Å². The lowest BCUT2D eigenvalue weighted by Gasteiger charge is -2.22. The predicted octanol–water partition coefficient (Wildman–Crippen LogP) is 5.93. The van der Waals surface area contributed by atoms with Gasteiger partial charge >= 0.3 is 6.09 Å². The van der Waals surface area contributed by atoms with Crippen molar-refractivity contribution in [3.8, 4) is 11.1 Å². The maximum Gasteiger partial charge on any atom is 0.407 e. The number of hydrogen-bond donors (Lipinski definition) is 3. The van der Waals surface area contributed by atoms with Crippen molar-refractivity contribution in [1.82, 2.24) is 5.32 Å². The zero-order chi connectivity index (χ0) is 25.4. The Bertz CT molecular complexity index is 1510. The predicted molar refractivity (Wildman–Crippen MR) is 145 cm³/mol. The summed E-state index contributed by atoms with van der Waals surface area (Å²) in [7, 11) is 0. The Morgan fingerprint density at radius 3 is 1.86 bits per heavy atom. The third-order valence-electron chi connectivity index (χ3n) is 7.27. The molecule has 0 bridgehead atoms. The largest absolute Gasteiger partial charge is 0.449 e. The van der Waals surface area contributed by atoms with Crippen LogP contribution in [0, 0.1) is 0 Å². The minimum atomic E-state index is -1.21. The highest BCUT2D eigenvalue weighted by molar-refractivity contribution is 6.02. The standard InChI is InChI=1S/C32H27NO4/c34-29(31(35)30-22-11-3-1-9-20(22)17-21-10-2-4-12-23(21)30)18-33-32(36)37-19-28-26-15-7-5-13-24(26)25-14-6-8-16-27(25)28/h1-17,28-29,31,34-35H,18-19H2,(H,33,36). The average Bonchev–Trinajstić information content (AvgIpc) is 3.26. The molecule has 6 rings (SSSR count). The van der Waals surface area contributed by atoms with Crippen LogP contribution in [-0.4, -0.2) is 35.6 Å². The van der Waals surface area contributed by atoms with Crippen LogP contribution in [0.2, 0.25) is 0 Å². The maximum atomic E-state index is 12.6. The van der Waals surface area contributed by atoms with Crippen LogP contribution < -0.4 is 5.32 Å². The SMILES string of the molecule is O=C(NCC(O)C(O)c1c2ccccc2cc2ccccc12)OCC1c2ccccc2-c2ccccc21. The van der Waals surface area contributed by atoms with E-state index in [2.05, 4.69) is 35.6 Å². The van der Waals surface area contributed by atoms with Gasteiger partial charge < -0.3 is 20.3 Å². The molecule has 2 unspecified atom stereocenters. The van der Waals surface area contributed by atoms with E-state index in [0.717, 1.165) is 43.8 Å². The first-order chi connectivity index (χ1) is 18.1.